The van der Waals surface area contributed by atoms with Gasteiger partial charge in [0.05, 0.1) is 0 Å². The van der Waals surface area contributed by atoms with Gasteiger partial charge in [-0.25, -0.2) is 0 Å². The van der Waals surface area contributed by atoms with E-state index in [9.17, 15) is 0 Å². The average Bonchev–Trinajstić information content (AvgIpc) is 2.22. The van der Waals surface area contributed by atoms with Crippen LogP contribution in [0.4, 0.5) is 0 Å². The van der Waals surface area contributed by atoms with E-state index < -0.39 is 0 Å². The van der Waals surface area contributed by atoms with E-state index in [-0.39, 0.29) is 7.92 Å². The van der Waals surface area contributed by atoms with Gasteiger partial charge in [0.15, 0.2) is 0 Å². The summed E-state index contributed by atoms with van der Waals surface area (Å²) in [6.07, 6.45) is 6.12. The van der Waals surface area contributed by atoms with E-state index in [0.717, 1.165) is 0 Å². The number of hydrogen-bond donors (Lipinski definition) is 1. The van der Waals surface area contributed by atoms with E-state index in [1.54, 1.807) is 0 Å². The predicted molar refractivity (Wildman–Crippen MR) is 69.1 cm³/mol. The topological polar surface area (TPSA) is 12.0 Å². The van der Waals surface area contributed by atoms with Crippen molar-refractivity contribution in [1.82, 2.24) is 5.32 Å². The maximum atomic E-state index is 3.73. The number of hydrogen-bond acceptors (Lipinski definition) is 1. The highest BCUT2D eigenvalue weighted by atomic mass is 31.1. The molecule has 2 heteroatoms. The van der Waals surface area contributed by atoms with E-state index in [0.29, 0.717) is 5.66 Å². The van der Waals surface area contributed by atoms with Gasteiger partial charge in [-0.1, -0.05) is 38.9 Å². The average molecular weight is 211 g/mol. The first-order chi connectivity index (χ1) is 6.58. The highest BCUT2D eigenvalue weighted by Crippen LogP contribution is 2.47. The van der Waals surface area contributed by atoms with Gasteiger partial charge >= 0.3 is 0 Å². The summed E-state index contributed by atoms with van der Waals surface area (Å²) < 4.78 is 0. The minimum atomic E-state index is -0.0773. The Morgan fingerprint density at radius 3 is 2.43 bits per heavy atom. The lowest BCUT2D eigenvalue weighted by atomic mass is 10.3. The number of allylic oxidation sites excluding steroid dienone is 5. The smallest absolute Gasteiger partial charge is 0.0196 e. The predicted octanol–water partition coefficient (Wildman–Crippen LogP) is 3.70. The van der Waals surface area contributed by atoms with E-state index in [1.165, 1.54) is 11.0 Å². The van der Waals surface area contributed by atoms with Crippen LogP contribution < -0.4 is 5.32 Å². The molecule has 0 aliphatic carbocycles. The Balaban J connectivity index is 4.66. The van der Waals surface area contributed by atoms with Crippen LogP contribution in [0.5, 0.6) is 0 Å². The van der Waals surface area contributed by atoms with Crippen molar-refractivity contribution in [1.29, 1.82) is 0 Å². The second-order valence-corrected chi connectivity index (χ2v) is 6.03. The molecule has 1 nitrogen and oxygen atoms in total. The summed E-state index contributed by atoms with van der Waals surface area (Å²) in [5, 5.41) is 4.74. The molecule has 14 heavy (non-hydrogen) atoms. The Bertz CT molecular complexity index is 241. The first kappa shape index (κ1) is 13.4. The minimum Gasteiger partial charge on any atom is -0.391 e. The summed E-state index contributed by atoms with van der Waals surface area (Å²) in [4.78, 5) is 0. The normalized spacial score (nSPS) is 17.5. The van der Waals surface area contributed by atoms with Gasteiger partial charge in [-0.2, -0.15) is 0 Å². The molecule has 80 valence electrons. The minimum absolute atomic E-state index is 0.0773. The standard InChI is InChI=1S/C12H22NP/c1-7-9-12(13-5)11(4)14(6)10(3)8-2/h7-9,11,13H,1H2,2-6H3/b10-8-,12-9-. The largest absolute Gasteiger partial charge is 0.391 e. The van der Waals surface area contributed by atoms with Crippen LogP contribution in [0.15, 0.2) is 35.8 Å². The molecule has 0 rings (SSSR count). The van der Waals surface area contributed by atoms with Crippen LogP contribution in [0.25, 0.3) is 0 Å². The van der Waals surface area contributed by atoms with E-state index >= 15 is 0 Å². The van der Waals surface area contributed by atoms with E-state index in [2.05, 4.69) is 51.5 Å². The van der Waals surface area contributed by atoms with Gasteiger partial charge in [0.1, 0.15) is 0 Å². The summed E-state index contributed by atoms with van der Waals surface area (Å²) >= 11 is 0. The van der Waals surface area contributed by atoms with Crippen LogP contribution >= 0.6 is 7.92 Å². The van der Waals surface area contributed by atoms with Crippen LogP contribution in [0, 0.1) is 0 Å². The van der Waals surface area contributed by atoms with E-state index in [1.807, 2.05) is 13.1 Å². The van der Waals surface area contributed by atoms with Gasteiger partial charge < -0.3 is 5.32 Å². The SMILES string of the molecule is C=C/C=C(\NC)C(C)P(C)/C(C)=C\C. The van der Waals surface area contributed by atoms with Gasteiger partial charge in [-0.15, -0.1) is 0 Å². The number of nitrogens with one attached hydrogen (secondary N) is 1. The van der Waals surface area contributed by atoms with Gasteiger partial charge in [0.25, 0.3) is 0 Å². The van der Waals surface area contributed by atoms with Crippen molar-refractivity contribution >= 4 is 7.92 Å². The zero-order chi connectivity index (χ0) is 11.1. The first-order valence-corrected chi connectivity index (χ1v) is 6.80. The van der Waals surface area contributed by atoms with Gasteiger partial charge in [-0.3, -0.25) is 0 Å². The van der Waals surface area contributed by atoms with Crippen molar-refractivity contribution in [3.63, 3.8) is 0 Å². The maximum Gasteiger partial charge on any atom is 0.0196 e. The molecular weight excluding hydrogens is 189 g/mol. The molecule has 0 aliphatic rings. The summed E-state index contributed by atoms with van der Waals surface area (Å²) in [6, 6.07) is 0. The molecule has 0 fully saturated rings. The van der Waals surface area contributed by atoms with Crippen molar-refractivity contribution < 1.29 is 0 Å². The molecule has 0 aromatic heterocycles. The molecule has 0 spiro atoms. The number of rotatable bonds is 5. The lowest BCUT2D eigenvalue weighted by Gasteiger charge is -2.23. The second kappa shape index (κ2) is 6.84. The lowest BCUT2D eigenvalue weighted by Crippen LogP contribution is -2.17. The van der Waals surface area contributed by atoms with Crippen LogP contribution in [0.1, 0.15) is 20.8 Å². The molecule has 0 saturated carbocycles. The Morgan fingerprint density at radius 1 is 1.50 bits per heavy atom. The van der Waals surface area contributed by atoms with Gasteiger partial charge in [0.2, 0.25) is 0 Å². The lowest BCUT2D eigenvalue weighted by molar-refractivity contribution is 0.906. The third-order valence-electron chi connectivity index (χ3n) is 2.59. The monoisotopic (exact) mass is 211 g/mol. The fourth-order valence-corrected chi connectivity index (χ4v) is 2.93. The molecule has 0 radical (unpaired) electrons. The molecular formula is C12H22NP. The Labute approximate surface area is 89.7 Å². The summed E-state index contributed by atoms with van der Waals surface area (Å²) in [5.41, 5.74) is 1.85. The highest BCUT2D eigenvalue weighted by molar-refractivity contribution is 7.62. The Hall–Kier alpha value is -0.550. The maximum absolute atomic E-state index is 3.73. The van der Waals surface area contributed by atoms with Crippen molar-refractivity contribution in [2.45, 2.75) is 26.4 Å². The van der Waals surface area contributed by atoms with Crippen LogP contribution in [0.2, 0.25) is 0 Å². The third kappa shape index (κ3) is 3.67. The molecule has 1 N–H and O–H groups in total. The van der Waals surface area contributed by atoms with Crippen molar-refractivity contribution in [2.24, 2.45) is 0 Å². The molecule has 0 saturated heterocycles. The molecule has 0 heterocycles. The fourth-order valence-electron chi connectivity index (χ4n) is 1.28. The Morgan fingerprint density at radius 2 is 2.07 bits per heavy atom. The van der Waals surface area contributed by atoms with Crippen molar-refractivity contribution in [3.8, 4) is 0 Å². The summed E-state index contributed by atoms with van der Waals surface area (Å²) in [6.45, 7) is 12.6. The third-order valence-corrected chi connectivity index (χ3v) is 5.40. The molecule has 0 aromatic rings. The zero-order valence-corrected chi connectivity index (χ0v) is 10.9. The Kier molecular flexibility index (Phi) is 6.57. The molecule has 2 unspecified atom stereocenters. The molecule has 0 amide bonds. The highest BCUT2D eigenvalue weighted by Gasteiger charge is 2.15. The zero-order valence-electron chi connectivity index (χ0n) is 9.96. The van der Waals surface area contributed by atoms with Crippen molar-refractivity contribution in [2.75, 3.05) is 13.7 Å². The van der Waals surface area contributed by atoms with E-state index in [4.69, 9.17) is 0 Å². The molecule has 0 aromatic carbocycles. The fraction of sp³-hybridized carbons (Fsp3) is 0.500. The molecule has 0 aliphatic heterocycles. The summed E-state index contributed by atoms with van der Waals surface area (Å²) in [7, 11) is 1.89. The van der Waals surface area contributed by atoms with Crippen LogP contribution in [-0.2, 0) is 0 Å². The summed E-state index contributed by atoms with van der Waals surface area (Å²) in [5.74, 6) is 0. The second-order valence-electron chi connectivity index (χ2n) is 3.32. The van der Waals surface area contributed by atoms with Gasteiger partial charge in [0, 0.05) is 18.4 Å². The quantitative estimate of drug-likeness (QED) is 0.540. The van der Waals surface area contributed by atoms with Gasteiger partial charge in [-0.05, 0) is 26.6 Å². The molecule has 2 atom stereocenters. The van der Waals surface area contributed by atoms with Crippen molar-refractivity contribution in [3.05, 3.63) is 35.8 Å². The molecule has 0 bridgehead atoms. The van der Waals surface area contributed by atoms with Crippen LogP contribution in [0.3, 0.4) is 0 Å². The van der Waals surface area contributed by atoms with Crippen LogP contribution in [-0.4, -0.2) is 19.4 Å². The first-order valence-electron chi connectivity index (χ1n) is 4.94.